The maximum Gasteiger partial charge on any atom is 0.263 e. The van der Waals surface area contributed by atoms with Gasteiger partial charge in [0.1, 0.15) is 16.7 Å². The van der Waals surface area contributed by atoms with Gasteiger partial charge in [-0.25, -0.2) is 0 Å². The Morgan fingerprint density at radius 3 is 2.65 bits per heavy atom. The Balaban J connectivity index is 1.64. The Morgan fingerprint density at radius 2 is 2.00 bits per heavy atom. The number of rotatable bonds is 4. The molecule has 0 aliphatic carbocycles. The van der Waals surface area contributed by atoms with Crippen LogP contribution in [-0.4, -0.2) is 10.2 Å². The molecule has 5 heteroatoms. The topological polar surface area (TPSA) is 38.3 Å². The first kappa shape index (κ1) is 15.8. The maximum atomic E-state index is 11.6. The summed E-state index contributed by atoms with van der Waals surface area (Å²) in [5.41, 5.74) is 3.30. The molecule has 1 fully saturated rings. The molecule has 0 radical (unpaired) electrons. The number of nitrogens with one attached hydrogen (secondary N) is 1. The zero-order chi connectivity index (χ0) is 16.2. The van der Waals surface area contributed by atoms with Gasteiger partial charge >= 0.3 is 0 Å². The lowest BCUT2D eigenvalue weighted by atomic mass is 10.1. The summed E-state index contributed by atoms with van der Waals surface area (Å²) in [5.74, 6) is 0.660. The van der Waals surface area contributed by atoms with E-state index in [1.54, 1.807) is 0 Å². The van der Waals surface area contributed by atoms with Crippen LogP contribution in [0.25, 0.3) is 6.08 Å². The van der Waals surface area contributed by atoms with Gasteiger partial charge in [-0.15, -0.1) is 0 Å². The van der Waals surface area contributed by atoms with Crippen molar-refractivity contribution in [1.82, 2.24) is 5.32 Å². The van der Waals surface area contributed by atoms with Gasteiger partial charge in [0.2, 0.25) is 0 Å². The lowest BCUT2D eigenvalue weighted by Gasteiger charge is -2.07. The molecular formula is C18H15NO2S2. The zero-order valence-electron chi connectivity index (χ0n) is 12.5. The average Bonchev–Trinajstić information content (AvgIpc) is 2.84. The van der Waals surface area contributed by atoms with Crippen LogP contribution in [0, 0.1) is 6.92 Å². The van der Waals surface area contributed by atoms with Gasteiger partial charge in [-0.3, -0.25) is 4.79 Å². The van der Waals surface area contributed by atoms with Crippen LogP contribution in [0.1, 0.15) is 16.7 Å². The molecule has 1 N–H and O–H groups in total. The third-order valence-electron chi connectivity index (χ3n) is 3.31. The second kappa shape index (κ2) is 6.98. The van der Waals surface area contributed by atoms with E-state index in [0.717, 1.165) is 16.9 Å². The van der Waals surface area contributed by atoms with Gasteiger partial charge in [0, 0.05) is 0 Å². The molecule has 23 heavy (non-hydrogen) atoms. The van der Waals surface area contributed by atoms with E-state index in [2.05, 4.69) is 24.4 Å². The van der Waals surface area contributed by atoms with Crippen molar-refractivity contribution in [3.8, 4) is 5.75 Å². The van der Waals surface area contributed by atoms with Gasteiger partial charge < -0.3 is 10.1 Å². The van der Waals surface area contributed by atoms with Crippen molar-refractivity contribution in [2.45, 2.75) is 13.5 Å². The highest BCUT2D eigenvalue weighted by molar-refractivity contribution is 8.26. The standard InChI is InChI=1S/C18H15NO2S2/c1-12-3-2-4-14(9-12)11-21-15-7-5-13(6-8-15)10-16-17(20)19-18(22)23-16/h2-10H,11H2,1H3,(H,19,20,22)/b16-10+. The number of benzene rings is 2. The number of ether oxygens (including phenoxy) is 1. The monoisotopic (exact) mass is 341 g/mol. The molecule has 1 aliphatic rings. The molecule has 0 saturated carbocycles. The third kappa shape index (κ3) is 4.21. The molecule has 0 aromatic heterocycles. The molecule has 3 rings (SSSR count). The summed E-state index contributed by atoms with van der Waals surface area (Å²) < 4.78 is 6.28. The fraction of sp³-hybridized carbons (Fsp3) is 0.111. The fourth-order valence-electron chi connectivity index (χ4n) is 2.20. The number of amides is 1. The van der Waals surface area contributed by atoms with Crippen LogP contribution in [0.15, 0.2) is 53.4 Å². The molecule has 1 aliphatic heterocycles. The van der Waals surface area contributed by atoms with Crippen molar-refractivity contribution in [3.63, 3.8) is 0 Å². The van der Waals surface area contributed by atoms with Crippen LogP contribution < -0.4 is 10.1 Å². The van der Waals surface area contributed by atoms with Crippen LogP contribution in [0.5, 0.6) is 5.75 Å². The minimum Gasteiger partial charge on any atom is -0.489 e. The van der Waals surface area contributed by atoms with E-state index in [0.29, 0.717) is 15.8 Å². The largest absolute Gasteiger partial charge is 0.489 e. The molecule has 3 nitrogen and oxygen atoms in total. The summed E-state index contributed by atoms with van der Waals surface area (Å²) in [6.07, 6.45) is 1.82. The Hall–Kier alpha value is -2.11. The number of thiocarbonyl (C=S) groups is 1. The molecule has 2 aromatic rings. The van der Waals surface area contributed by atoms with E-state index in [1.807, 2.05) is 42.5 Å². The van der Waals surface area contributed by atoms with Crippen LogP contribution >= 0.6 is 24.0 Å². The second-order valence-electron chi connectivity index (χ2n) is 5.20. The quantitative estimate of drug-likeness (QED) is 0.672. The minimum absolute atomic E-state index is 0.139. The van der Waals surface area contributed by atoms with E-state index in [4.69, 9.17) is 17.0 Å². The van der Waals surface area contributed by atoms with Crippen molar-refractivity contribution in [2.75, 3.05) is 0 Å². The number of aryl methyl sites for hydroxylation is 1. The van der Waals surface area contributed by atoms with Gasteiger partial charge in [0.25, 0.3) is 5.91 Å². The summed E-state index contributed by atoms with van der Waals surface area (Å²) in [5, 5.41) is 2.60. The highest BCUT2D eigenvalue weighted by Crippen LogP contribution is 2.26. The van der Waals surface area contributed by atoms with Crippen molar-refractivity contribution in [3.05, 3.63) is 70.1 Å². The van der Waals surface area contributed by atoms with Gasteiger partial charge in [-0.05, 0) is 36.3 Å². The number of carbonyl (C=O) groups is 1. The molecule has 0 bridgehead atoms. The zero-order valence-corrected chi connectivity index (χ0v) is 14.2. The molecule has 116 valence electrons. The number of hydrogen-bond acceptors (Lipinski definition) is 4. The molecule has 1 saturated heterocycles. The number of thioether (sulfide) groups is 1. The molecular weight excluding hydrogens is 326 g/mol. The third-order valence-corrected chi connectivity index (χ3v) is 4.47. The number of carbonyl (C=O) groups excluding carboxylic acids is 1. The maximum absolute atomic E-state index is 11.6. The van der Waals surface area contributed by atoms with Gasteiger partial charge in [0.05, 0.1) is 4.91 Å². The lowest BCUT2D eigenvalue weighted by Crippen LogP contribution is -2.17. The molecule has 0 atom stereocenters. The fourth-order valence-corrected chi connectivity index (χ4v) is 3.25. The van der Waals surface area contributed by atoms with Gasteiger partial charge in [-0.2, -0.15) is 0 Å². The summed E-state index contributed by atoms with van der Waals surface area (Å²) in [6.45, 7) is 2.60. The van der Waals surface area contributed by atoms with Crippen molar-refractivity contribution in [1.29, 1.82) is 0 Å². The van der Waals surface area contributed by atoms with Crippen LogP contribution in [0.4, 0.5) is 0 Å². The predicted molar refractivity (Wildman–Crippen MR) is 98.3 cm³/mol. The average molecular weight is 341 g/mol. The first-order valence-electron chi connectivity index (χ1n) is 7.13. The second-order valence-corrected chi connectivity index (χ2v) is 6.92. The van der Waals surface area contributed by atoms with Gasteiger partial charge in [-0.1, -0.05) is 65.9 Å². The summed E-state index contributed by atoms with van der Waals surface area (Å²) in [4.78, 5) is 12.2. The Kier molecular flexibility index (Phi) is 4.79. The normalized spacial score (nSPS) is 15.8. The van der Waals surface area contributed by atoms with Crippen molar-refractivity contribution in [2.24, 2.45) is 0 Å². The lowest BCUT2D eigenvalue weighted by molar-refractivity contribution is -0.115. The predicted octanol–water partition coefficient (Wildman–Crippen LogP) is 4.06. The Labute approximate surface area is 144 Å². The van der Waals surface area contributed by atoms with E-state index in [-0.39, 0.29) is 5.91 Å². The van der Waals surface area contributed by atoms with E-state index >= 15 is 0 Å². The van der Waals surface area contributed by atoms with Crippen LogP contribution in [0.2, 0.25) is 0 Å². The molecule has 0 unspecified atom stereocenters. The minimum atomic E-state index is -0.139. The SMILES string of the molecule is Cc1cccc(COc2ccc(/C=C3/SC(=S)NC3=O)cc2)c1. The first-order chi connectivity index (χ1) is 11.1. The molecule has 0 spiro atoms. The van der Waals surface area contributed by atoms with Crippen LogP contribution in [-0.2, 0) is 11.4 Å². The highest BCUT2D eigenvalue weighted by atomic mass is 32.2. The summed E-state index contributed by atoms with van der Waals surface area (Å²) in [6, 6.07) is 15.9. The number of hydrogen-bond donors (Lipinski definition) is 1. The molecule has 2 aromatic carbocycles. The molecule has 1 amide bonds. The smallest absolute Gasteiger partial charge is 0.263 e. The first-order valence-corrected chi connectivity index (χ1v) is 8.36. The van der Waals surface area contributed by atoms with Crippen molar-refractivity contribution >= 4 is 40.3 Å². The van der Waals surface area contributed by atoms with Gasteiger partial charge in [0.15, 0.2) is 0 Å². The van der Waals surface area contributed by atoms with Crippen LogP contribution in [0.3, 0.4) is 0 Å². The van der Waals surface area contributed by atoms with Crippen molar-refractivity contribution < 1.29 is 9.53 Å². The molecule has 1 heterocycles. The summed E-state index contributed by atoms with van der Waals surface area (Å²) in [7, 11) is 0. The van der Waals surface area contributed by atoms with E-state index in [9.17, 15) is 4.79 Å². The van der Waals surface area contributed by atoms with E-state index < -0.39 is 0 Å². The summed E-state index contributed by atoms with van der Waals surface area (Å²) >= 11 is 6.25. The highest BCUT2D eigenvalue weighted by Gasteiger charge is 2.21. The van der Waals surface area contributed by atoms with E-state index in [1.165, 1.54) is 17.3 Å². The Bertz CT molecular complexity index is 782. The Morgan fingerprint density at radius 1 is 1.22 bits per heavy atom.